The van der Waals surface area contributed by atoms with Crippen molar-refractivity contribution in [1.82, 2.24) is 10.7 Å². The zero-order chi connectivity index (χ0) is 12.7. The molecule has 1 unspecified atom stereocenters. The molecule has 1 aromatic carbocycles. The third-order valence-corrected chi connectivity index (χ3v) is 2.33. The van der Waals surface area contributed by atoms with Crippen molar-refractivity contribution in [2.45, 2.75) is 26.3 Å². The van der Waals surface area contributed by atoms with E-state index in [0.29, 0.717) is 12.5 Å². The van der Waals surface area contributed by atoms with Crippen LogP contribution in [0.5, 0.6) is 0 Å². The number of hydrogen-bond donors (Lipinski definition) is 3. The number of benzene rings is 1. The summed E-state index contributed by atoms with van der Waals surface area (Å²) in [6, 6.07) is 6.39. The molecule has 0 saturated carbocycles. The van der Waals surface area contributed by atoms with Crippen molar-refractivity contribution < 1.29 is 4.39 Å². The normalized spacial score (nSPS) is 13.3. The maximum Gasteiger partial charge on any atom is 0.206 e. The number of halogens is 1. The van der Waals surface area contributed by atoms with Gasteiger partial charge in [-0.2, -0.15) is 0 Å². The molecule has 0 aliphatic carbocycles. The summed E-state index contributed by atoms with van der Waals surface area (Å²) in [6.07, 6.45) is 0.946. The Kier molecular flexibility index (Phi) is 5.42. The molecular formula is C12H19FN4. The molecule has 17 heavy (non-hydrogen) atoms. The highest BCUT2D eigenvalue weighted by atomic mass is 19.1. The van der Waals surface area contributed by atoms with Gasteiger partial charge in [0.2, 0.25) is 5.96 Å². The summed E-state index contributed by atoms with van der Waals surface area (Å²) in [5.41, 5.74) is 3.35. The van der Waals surface area contributed by atoms with Gasteiger partial charge < -0.3 is 5.32 Å². The first-order valence-electron chi connectivity index (χ1n) is 5.70. The van der Waals surface area contributed by atoms with Gasteiger partial charge >= 0.3 is 0 Å². The zero-order valence-electron chi connectivity index (χ0n) is 10.2. The molecule has 1 atom stereocenters. The maximum absolute atomic E-state index is 13.1. The lowest BCUT2D eigenvalue weighted by Crippen LogP contribution is -2.42. The van der Waals surface area contributed by atoms with E-state index >= 15 is 0 Å². The SMILES string of the molecule is CCCN=C(NN)NC(C)c1cccc(F)c1. The fraction of sp³-hybridized carbons (Fsp3) is 0.417. The van der Waals surface area contributed by atoms with Crippen molar-refractivity contribution in [3.05, 3.63) is 35.6 Å². The standard InChI is InChI=1S/C12H19FN4/c1-3-7-15-12(17-14)16-9(2)10-5-4-6-11(13)8-10/h4-6,8-9H,3,7,14H2,1-2H3,(H2,15,16,17). The molecule has 94 valence electrons. The number of rotatable bonds is 4. The second kappa shape index (κ2) is 6.85. The van der Waals surface area contributed by atoms with E-state index in [9.17, 15) is 4.39 Å². The molecule has 4 N–H and O–H groups in total. The van der Waals surface area contributed by atoms with Crippen LogP contribution < -0.4 is 16.6 Å². The molecule has 4 nitrogen and oxygen atoms in total. The fourth-order valence-electron chi connectivity index (χ4n) is 1.42. The summed E-state index contributed by atoms with van der Waals surface area (Å²) in [6.45, 7) is 4.66. The van der Waals surface area contributed by atoms with Gasteiger partial charge in [0.05, 0.1) is 6.04 Å². The van der Waals surface area contributed by atoms with Crippen LogP contribution >= 0.6 is 0 Å². The number of hydrazine groups is 1. The highest BCUT2D eigenvalue weighted by Crippen LogP contribution is 2.12. The Bertz CT molecular complexity index is 379. The van der Waals surface area contributed by atoms with Gasteiger partial charge in [0.15, 0.2) is 0 Å². The second-order valence-electron chi connectivity index (χ2n) is 3.80. The Labute approximate surface area is 101 Å². The molecule has 0 radical (unpaired) electrons. The van der Waals surface area contributed by atoms with Crippen LogP contribution in [-0.4, -0.2) is 12.5 Å². The number of nitrogens with zero attached hydrogens (tertiary/aromatic N) is 1. The van der Waals surface area contributed by atoms with Crippen LogP contribution in [0.4, 0.5) is 4.39 Å². The van der Waals surface area contributed by atoms with Crippen molar-refractivity contribution in [1.29, 1.82) is 0 Å². The number of nitrogens with two attached hydrogens (primary N) is 1. The Balaban J connectivity index is 2.67. The van der Waals surface area contributed by atoms with Crippen molar-refractivity contribution in [3.8, 4) is 0 Å². The quantitative estimate of drug-likeness (QED) is 0.324. The number of guanidine groups is 1. The van der Waals surface area contributed by atoms with E-state index in [-0.39, 0.29) is 11.9 Å². The van der Waals surface area contributed by atoms with Crippen LogP contribution in [0.15, 0.2) is 29.3 Å². The van der Waals surface area contributed by atoms with Gasteiger partial charge in [-0.3, -0.25) is 10.4 Å². The van der Waals surface area contributed by atoms with Gasteiger partial charge in [0, 0.05) is 6.54 Å². The molecule has 0 spiro atoms. The Morgan fingerprint density at radius 3 is 2.88 bits per heavy atom. The molecule has 1 aromatic rings. The Morgan fingerprint density at radius 1 is 1.53 bits per heavy atom. The molecule has 0 aliphatic heterocycles. The Morgan fingerprint density at radius 2 is 2.29 bits per heavy atom. The average Bonchev–Trinajstić information content (AvgIpc) is 2.34. The number of aliphatic imine (C=N–C) groups is 1. The summed E-state index contributed by atoms with van der Waals surface area (Å²) in [7, 11) is 0. The summed E-state index contributed by atoms with van der Waals surface area (Å²) in [4.78, 5) is 4.22. The van der Waals surface area contributed by atoms with E-state index in [1.54, 1.807) is 6.07 Å². The van der Waals surface area contributed by atoms with E-state index < -0.39 is 0 Å². The Hall–Kier alpha value is -1.62. The van der Waals surface area contributed by atoms with Gasteiger partial charge in [-0.1, -0.05) is 19.1 Å². The summed E-state index contributed by atoms with van der Waals surface area (Å²) < 4.78 is 13.1. The van der Waals surface area contributed by atoms with Crippen molar-refractivity contribution in [3.63, 3.8) is 0 Å². The minimum Gasteiger partial charge on any atom is -0.349 e. The molecule has 0 aliphatic rings. The minimum atomic E-state index is -0.246. The van der Waals surface area contributed by atoms with Crippen LogP contribution in [0.3, 0.4) is 0 Å². The highest BCUT2D eigenvalue weighted by Gasteiger charge is 2.07. The molecule has 0 aromatic heterocycles. The predicted molar refractivity (Wildman–Crippen MR) is 67.9 cm³/mol. The van der Waals surface area contributed by atoms with Crippen LogP contribution in [0.25, 0.3) is 0 Å². The third kappa shape index (κ3) is 4.40. The molecule has 0 bridgehead atoms. The average molecular weight is 238 g/mol. The summed E-state index contributed by atoms with van der Waals surface area (Å²) in [5, 5.41) is 3.09. The monoisotopic (exact) mass is 238 g/mol. The third-order valence-electron chi connectivity index (χ3n) is 2.33. The molecule has 5 heteroatoms. The topological polar surface area (TPSA) is 62.4 Å². The molecular weight excluding hydrogens is 219 g/mol. The maximum atomic E-state index is 13.1. The van der Waals surface area contributed by atoms with E-state index in [1.165, 1.54) is 12.1 Å². The van der Waals surface area contributed by atoms with Crippen molar-refractivity contribution in [2.75, 3.05) is 6.54 Å². The van der Waals surface area contributed by atoms with E-state index in [4.69, 9.17) is 5.84 Å². The van der Waals surface area contributed by atoms with Gasteiger partial charge in [-0.25, -0.2) is 10.2 Å². The lowest BCUT2D eigenvalue weighted by atomic mass is 10.1. The van der Waals surface area contributed by atoms with E-state index in [1.807, 2.05) is 19.9 Å². The highest BCUT2D eigenvalue weighted by molar-refractivity contribution is 5.79. The smallest absolute Gasteiger partial charge is 0.206 e. The molecule has 1 rings (SSSR count). The van der Waals surface area contributed by atoms with Crippen LogP contribution in [0.2, 0.25) is 0 Å². The summed E-state index contributed by atoms with van der Waals surface area (Å²) >= 11 is 0. The molecule has 0 heterocycles. The van der Waals surface area contributed by atoms with Gasteiger partial charge in [0.1, 0.15) is 5.82 Å². The van der Waals surface area contributed by atoms with Crippen LogP contribution in [0.1, 0.15) is 31.9 Å². The first kappa shape index (κ1) is 13.4. The second-order valence-corrected chi connectivity index (χ2v) is 3.80. The lowest BCUT2D eigenvalue weighted by Gasteiger charge is -2.16. The first-order chi connectivity index (χ1) is 8.17. The van der Waals surface area contributed by atoms with E-state index in [0.717, 1.165) is 12.0 Å². The molecule has 0 saturated heterocycles. The van der Waals surface area contributed by atoms with Gasteiger partial charge in [0.25, 0.3) is 0 Å². The van der Waals surface area contributed by atoms with E-state index in [2.05, 4.69) is 15.7 Å². The van der Waals surface area contributed by atoms with Crippen molar-refractivity contribution in [2.24, 2.45) is 10.8 Å². The van der Waals surface area contributed by atoms with Gasteiger partial charge in [-0.05, 0) is 31.0 Å². The lowest BCUT2D eigenvalue weighted by molar-refractivity contribution is 0.616. The van der Waals surface area contributed by atoms with Crippen LogP contribution in [-0.2, 0) is 0 Å². The zero-order valence-corrected chi connectivity index (χ0v) is 10.2. The molecule has 0 amide bonds. The first-order valence-corrected chi connectivity index (χ1v) is 5.70. The fourth-order valence-corrected chi connectivity index (χ4v) is 1.42. The van der Waals surface area contributed by atoms with Gasteiger partial charge in [-0.15, -0.1) is 0 Å². The number of hydrogen-bond acceptors (Lipinski definition) is 2. The number of nitrogens with one attached hydrogen (secondary N) is 2. The summed E-state index contributed by atoms with van der Waals surface area (Å²) in [5.74, 6) is 5.62. The molecule has 0 fully saturated rings. The minimum absolute atomic E-state index is 0.0580. The predicted octanol–water partition coefficient (Wildman–Crippen LogP) is 1.71. The van der Waals surface area contributed by atoms with Crippen molar-refractivity contribution >= 4 is 5.96 Å². The largest absolute Gasteiger partial charge is 0.349 e. The van der Waals surface area contributed by atoms with Crippen LogP contribution in [0, 0.1) is 5.82 Å².